The molecule has 7 rings (SSSR count). The predicted molar refractivity (Wildman–Crippen MR) is 201 cm³/mol. The normalized spacial score (nSPS) is 20.8. The molecule has 2 atom stereocenters. The summed E-state index contributed by atoms with van der Waals surface area (Å²) in [4.78, 5) is 21.1. The average molecular weight is 816 g/mol. The lowest BCUT2D eigenvalue weighted by molar-refractivity contribution is -0.164. The van der Waals surface area contributed by atoms with Crippen LogP contribution in [-0.2, 0) is 19.0 Å². The summed E-state index contributed by atoms with van der Waals surface area (Å²) in [7, 11) is 1.39. The van der Waals surface area contributed by atoms with E-state index in [2.05, 4.69) is 55.0 Å². The number of imidazole rings is 1. The summed E-state index contributed by atoms with van der Waals surface area (Å²) < 4.78 is 43.1. The van der Waals surface area contributed by atoms with Crippen LogP contribution in [0.25, 0.3) is 28.0 Å². The number of carbonyl (C=O) groups is 1. The zero-order chi connectivity index (χ0) is 36.0. The largest absolute Gasteiger partial charge is 0.490 e. The van der Waals surface area contributed by atoms with E-state index in [9.17, 15) is 9.18 Å². The highest BCUT2D eigenvalue weighted by Crippen LogP contribution is 2.45. The van der Waals surface area contributed by atoms with E-state index in [1.54, 1.807) is 6.07 Å². The van der Waals surface area contributed by atoms with Gasteiger partial charge in [-0.3, -0.25) is 4.40 Å². The number of aromatic nitrogens is 2. The molecule has 6 bridgehead atoms. The van der Waals surface area contributed by atoms with E-state index in [0.717, 1.165) is 59.1 Å². The second kappa shape index (κ2) is 14.6. The maximum absolute atomic E-state index is 14.7. The number of esters is 1. The summed E-state index contributed by atoms with van der Waals surface area (Å²) in [6, 6.07) is 12.6. The van der Waals surface area contributed by atoms with Crippen LogP contribution in [0.2, 0.25) is 0 Å². The molecule has 5 heterocycles. The fraction of sp³-hybridized carbons (Fsp3) is 0.487. The molecule has 1 saturated heterocycles. The number of nitrogens with zero attached hydrogens (tertiary/aromatic N) is 3. The van der Waals surface area contributed by atoms with Gasteiger partial charge >= 0.3 is 5.97 Å². The topological polar surface area (TPSA) is 74.5 Å². The van der Waals surface area contributed by atoms with Crippen molar-refractivity contribution in [2.45, 2.75) is 97.1 Å². The highest BCUT2D eigenvalue weighted by atomic mass is 79.9. The first-order valence-corrected chi connectivity index (χ1v) is 18.9. The Kier molecular flexibility index (Phi) is 10.7. The van der Waals surface area contributed by atoms with Gasteiger partial charge in [-0.1, -0.05) is 18.2 Å². The second-order valence-electron chi connectivity index (χ2n) is 14.7. The number of fused-ring (bicyclic) bond motifs is 8. The number of rotatable bonds is 3. The van der Waals surface area contributed by atoms with E-state index in [0.29, 0.717) is 52.5 Å². The lowest BCUT2D eigenvalue weighted by Gasteiger charge is -2.42. The summed E-state index contributed by atoms with van der Waals surface area (Å²) in [5.41, 5.74) is 4.33. The van der Waals surface area contributed by atoms with E-state index in [4.69, 9.17) is 23.9 Å². The van der Waals surface area contributed by atoms with E-state index in [-0.39, 0.29) is 17.5 Å². The first-order valence-electron chi connectivity index (χ1n) is 17.3. The molecule has 0 unspecified atom stereocenters. The summed E-state index contributed by atoms with van der Waals surface area (Å²) in [6.45, 7) is 14.1. The number of hydrogen-bond donors (Lipinski definition) is 0. The Bertz CT molecular complexity index is 1900. The summed E-state index contributed by atoms with van der Waals surface area (Å²) in [6.07, 6.45) is 3.28. The number of benzene rings is 2. The van der Waals surface area contributed by atoms with Crippen molar-refractivity contribution in [3.05, 3.63) is 68.5 Å². The molecule has 8 nitrogen and oxygen atoms in total. The van der Waals surface area contributed by atoms with Gasteiger partial charge in [0.15, 0.2) is 11.8 Å². The molecule has 0 saturated carbocycles. The molecule has 4 aromatic rings. The Morgan fingerprint density at radius 1 is 1.10 bits per heavy atom. The minimum atomic E-state index is -0.999. The number of carbonyl (C=O) groups excluding carboxylic acids is 1. The van der Waals surface area contributed by atoms with Crippen molar-refractivity contribution in [2.75, 3.05) is 31.7 Å². The van der Waals surface area contributed by atoms with Crippen LogP contribution in [0, 0.1) is 12.7 Å². The van der Waals surface area contributed by atoms with Gasteiger partial charge in [-0.2, -0.15) is 0 Å². The lowest BCUT2D eigenvalue weighted by atomic mass is 9.92. The molecule has 268 valence electrons. The SMILES string of the molecule is COC(=O)[C@@H](OC(C)(C)C)c1c(C)c(Br)c2nc3c(Br)n2c1N1CCC(C)(CC1)OCCCC[C@H](C)Oc1ccc(F)cc1-c1cccc-3c1. The number of pyridine rings is 1. The van der Waals surface area contributed by atoms with Crippen molar-refractivity contribution in [3.63, 3.8) is 0 Å². The van der Waals surface area contributed by atoms with Crippen molar-refractivity contribution in [3.8, 4) is 28.1 Å². The van der Waals surface area contributed by atoms with E-state index in [1.807, 2.05) is 52.0 Å². The molecule has 0 aliphatic carbocycles. The Labute approximate surface area is 310 Å². The molecule has 3 aliphatic rings. The van der Waals surface area contributed by atoms with Gasteiger partial charge in [0.05, 0.1) is 28.9 Å². The highest BCUT2D eigenvalue weighted by Gasteiger charge is 2.39. The monoisotopic (exact) mass is 813 g/mol. The smallest absolute Gasteiger partial charge is 0.339 e. The number of methoxy groups -OCH3 is 1. The van der Waals surface area contributed by atoms with Crippen molar-refractivity contribution in [2.24, 2.45) is 0 Å². The van der Waals surface area contributed by atoms with Crippen LogP contribution < -0.4 is 9.64 Å². The fourth-order valence-electron chi connectivity index (χ4n) is 6.94. The first-order chi connectivity index (χ1) is 23.7. The van der Waals surface area contributed by atoms with Crippen LogP contribution in [0.4, 0.5) is 10.2 Å². The first kappa shape index (κ1) is 36.8. The molecule has 0 N–H and O–H groups in total. The Balaban J connectivity index is 1.61. The van der Waals surface area contributed by atoms with Crippen LogP contribution in [0.1, 0.15) is 84.0 Å². The van der Waals surface area contributed by atoms with E-state index >= 15 is 0 Å². The molecule has 0 amide bonds. The Morgan fingerprint density at radius 2 is 1.82 bits per heavy atom. The van der Waals surface area contributed by atoms with Crippen LogP contribution in [0.15, 0.2) is 51.5 Å². The predicted octanol–water partition coefficient (Wildman–Crippen LogP) is 10.00. The average Bonchev–Trinajstić information content (AvgIpc) is 3.42. The molecule has 0 radical (unpaired) electrons. The van der Waals surface area contributed by atoms with E-state index < -0.39 is 17.7 Å². The molecule has 11 heteroatoms. The molecule has 0 spiro atoms. The molecular formula is C39H46Br2FN3O5. The third-order valence-corrected chi connectivity index (χ3v) is 11.3. The van der Waals surface area contributed by atoms with Crippen LogP contribution >= 0.6 is 31.9 Å². The van der Waals surface area contributed by atoms with Gasteiger partial charge in [0, 0.05) is 36.4 Å². The van der Waals surface area contributed by atoms with Gasteiger partial charge in [0.1, 0.15) is 27.7 Å². The molecule has 2 aromatic heterocycles. The summed E-state index contributed by atoms with van der Waals surface area (Å²) in [5.74, 6) is 0.631. The van der Waals surface area contributed by atoms with Crippen LogP contribution in [0.5, 0.6) is 5.75 Å². The maximum Gasteiger partial charge on any atom is 0.339 e. The van der Waals surface area contributed by atoms with Crippen molar-refractivity contribution in [1.29, 1.82) is 0 Å². The van der Waals surface area contributed by atoms with E-state index in [1.165, 1.54) is 19.2 Å². The van der Waals surface area contributed by atoms with Crippen molar-refractivity contribution in [1.82, 2.24) is 9.38 Å². The fourth-order valence-corrected chi connectivity index (χ4v) is 8.07. The molecule has 1 fully saturated rings. The lowest BCUT2D eigenvalue weighted by Crippen LogP contribution is -2.45. The Hall–Kier alpha value is -2.99. The minimum absolute atomic E-state index is 0.0521. The quantitative estimate of drug-likeness (QED) is 0.191. The molecular weight excluding hydrogens is 769 g/mol. The zero-order valence-corrected chi connectivity index (χ0v) is 33.0. The zero-order valence-electron chi connectivity index (χ0n) is 29.9. The standard InChI is InChI=1S/C39H46Br2FN3O5/c1-23-11-8-9-20-48-39(6)16-18-44(19-17-39)36-30(33(37(46)47-7)50-38(3,4)5)24(2)31(40)35-43-32(34(41)45(35)36)26-13-10-12-25(21-26)28-22-27(42)14-15-29(28)49-23/h10,12-15,21-23,33H,8-9,11,16-20H2,1-7H3/t23-,33-/m0/s1. The third-order valence-electron chi connectivity index (χ3n) is 9.65. The number of anilines is 1. The van der Waals surface area contributed by atoms with Gasteiger partial charge in [-0.25, -0.2) is 14.2 Å². The third kappa shape index (κ3) is 7.47. The number of hydrogen-bond acceptors (Lipinski definition) is 7. The summed E-state index contributed by atoms with van der Waals surface area (Å²) >= 11 is 7.82. The minimum Gasteiger partial charge on any atom is -0.490 e. The van der Waals surface area contributed by atoms with Crippen molar-refractivity contribution >= 4 is 49.3 Å². The van der Waals surface area contributed by atoms with Gasteiger partial charge in [0.25, 0.3) is 0 Å². The molecule has 3 aliphatic heterocycles. The van der Waals surface area contributed by atoms with Crippen molar-refractivity contribution < 1.29 is 28.1 Å². The Morgan fingerprint density at radius 3 is 2.52 bits per heavy atom. The summed E-state index contributed by atoms with van der Waals surface area (Å²) in [5, 5.41) is 0. The van der Waals surface area contributed by atoms with Gasteiger partial charge in [0.2, 0.25) is 0 Å². The van der Waals surface area contributed by atoms with Gasteiger partial charge in [-0.15, -0.1) is 0 Å². The number of piperidine rings is 1. The second-order valence-corrected chi connectivity index (χ2v) is 16.2. The molecule has 2 aromatic carbocycles. The van der Waals surface area contributed by atoms with Crippen LogP contribution in [-0.4, -0.2) is 59.5 Å². The van der Waals surface area contributed by atoms with Gasteiger partial charge < -0.3 is 23.8 Å². The van der Waals surface area contributed by atoms with Gasteiger partial charge in [-0.05, 0) is 141 Å². The highest BCUT2D eigenvalue weighted by molar-refractivity contribution is 9.11. The number of halogens is 3. The molecule has 50 heavy (non-hydrogen) atoms. The maximum atomic E-state index is 14.7. The van der Waals surface area contributed by atoms with Crippen LogP contribution in [0.3, 0.4) is 0 Å². The number of ether oxygens (including phenoxy) is 4.